The number of rotatable bonds is 10. The minimum Gasteiger partial charge on any atom is -0.358 e. The molecule has 0 fully saturated rings. The van der Waals surface area contributed by atoms with Crippen LogP contribution in [0.25, 0.3) is 0 Å². The second-order valence-electron chi connectivity index (χ2n) is 8.80. The van der Waals surface area contributed by atoms with E-state index in [1.54, 1.807) is 0 Å². The van der Waals surface area contributed by atoms with Crippen LogP contribution >= 0.6 is 37.2 Å². The van der Waals surface area contributed by atoms with E-state index in [0.717, 1.165) is 0 Å². The van der Waals surface area contributed by atoms with Gasteiger partial charge in [0.25, 0.3) is 0 Å². The van der Waals surface area contributed by atoms with E-state index in [9.17, 15) is 0 Å². The fraction of sp³-hybridized carbons (Fsp3) is 0.900. The second-order valence-corrected chi connectivity index (χ2v) is 36.3. The Labute approximate surface area is 216 Å². The summed E-state index contributed by atoms with van der Waals surface area (Å²) < 4.78 is 0. The first-order chi connectivity index (χ1) is 10.5. The summed E-state index contributed by atoms with van der Waals surface area (Å²) in [4.78, 5) is 0. The van der Waals surface area contributed by atoms with Crippen molar-refractivity contribution in [3.63, 3.8) is 0 Å². The molecule has 0 atom stereocenters. The van der Waals surface area contributed by atoms with Gasteiger partial charge in [0.15, 0.2) is 0 Å². The average molecular weight is 911 g/mol. The Bertz CT molecular complexity index is 196. The van der Waals surface area contributed by atoms with Gasteiger partial charge >= 0.3 is 71.6 Å². The number of unbranched alkanes of at least 4 members (excludes halogenated alkanes) is 6. The molecule has 0 saturated carbocycles. The van der Waals surface area contributed by atoms with Crippen molar-refractivity contribution in [2.45, 2.75) is 117 Å². The Morgan fingerprint density at radius 2 is 0.808 bits per heavy atom. The molecule has 0 aliphatic rings. The molecule has 0 amide bonds. The predicted molar refractivity (Wildman–Crippen MR) is 145 cm³/mol. The van der Waals surface area contributed by atoms with E-state index >= 15 is 0 Å². The fourth-order valence-corrected chi connectivity index (χ4v) is 4.79. The van der Waals surface area contributed by atoms with Crippen LogP contribution in [0.15, 0.2) is 0 Å². The Morgan fingerprint density at radius 1 is 0.577 bits per heavy atom. The van der Waals surface area contributed by atoms with Crippen LogP contribution in [-0.2, 0) is 21.1 Å². The fourth-order valence-electron chi connectivity index (χ4n) is 2.16. The first-order valence-electron chi connectivity index (χ1n) is 9.41. The maximum atomic E-state index is 2.46. The summed E-state index contributed by atoms with van der Waals surface area (Å²) in [6.07, 6.45) is 11.5. The van der Waals surface area contributed by atoms with Crippen molar-refractivity contribution >= 4 is 53.4 Å². The Hall–Kier alpha value is 3.31. The molecule has 0 aromatic rings. The Morgan fingerprint density at radius 3 is 0.962 bits per heavy atom. The Balaban J connectivity index is -0.0000000606. The first-order valence-corrected chi connectivity index (χ1v) is 29.4. The number of hydrogen-bond acceptors (Lipinski definition) is 0. The van der Waals surface area contributed by atoms with Gasteiger partial charge in [-0.25, -0.2) is 0 Å². The predicted octanol–water partition coefficient (Wildman–Crippen LogP) is 7.48. The second kappa shape index (κ2) is 30.5. The van der Waals surface area contributed by atoms with Crippen LogP contribution in [0.2, 0.25) is 51.4 Å². The summed E-state index contributed by atoms with van der Waals surface area (Å²) in [6.45, 7) is 19.3. The van der Waals surface area contributed by atoms with Gasteiger partial charge < -0.3 is 14.9 Å². The van der Waals surface area contributed by atoms with Crippen molar-refractivity contribution in [3.05, 3.63) is 14.9 Å². The van der Waals surface area contributed by atoms with E-state index in [1.165, 1.54) is 63.5 Å². The van der Waals surface area contributed by atoms with Crippen LogP contribution in [0, 0.1) is 14.9 Å². The SMILES string of the molecule is CCCCCC[Si](C)(C)C.CCCCCC[Si](C)(C)C.I[I-]I.[CH3-].[CH3-].[W+2]. The largest absolute Gasteiger partial charge is 2.00 e. The van der Waals surface area contributed by atoms with Gasteiger partial charge in [0.1, 0.15) is 0 Å². The molecule has 0 aliphatic carbocycles. The maximum absolute atomic E-state index is 2.46. The van der Waals surface area contributed by atoms with Crippen molar-refractivity contribution < 1.29 is 34.3 Å². The minimum atomic E-state index is -0.707. The van der Waals surface area contributed by atoms with Crippen molar-refractivity contribution in [1.29, 1.82) is 0 Å². The zero-order chi connectivity index (χ0) is 18.8. The van der Waals surface area contributed by atoms with Crippen LogP contribution in [0.4, 0.5) is 0 Å². The van der Waals surface area contributed by atoms with Gasteiger partial charge in [-0.15, -0.1) is 0 Å². The summed E-state index contributed by atoms with van der Waals surface area (Å²) in [6, 6.07) is 3.04. The van der Waals surface area contributed by atoms with Crippen molar-refractivity contribution in [2.75, 3.05) is 0 Å². The molecule has 0 heterocycles. The standard InChI is InChI=1S/2C9H22Si.2CH3.I3.W/c2*1-5-6-7-8-9-10(2,3)4;;;1-3-2;/h2*5-9H2,1-4H3;2*1H3;;/q;;3*-1;+2. The van der Waals surface area contributed by atoms with Gasteiger partial charge in [-0.3, -0.25) is 0 Å². The van der Waals surface area contributed by atoms with Gasteiger partial charge in [-0.2, -0.15) is 0 Å². The van der Waals surface area contributed by atoms with Crippen LogP contribution in [-0.4, -0.2) is 16.1 Å². The molecule has 0 radical (unpaired) electrons. The van der Waals surface area contributed by atoms with Gasteiger partial charge in [0.05, 0.1) is 0 Å². The third kappa shape index (κ3) is 63.1. The van der Waals surface area contributed by atoms with Crippen molar-refractivity contribution in [3.8, 4) is 0 Å². The molecule has 26 heavy (non-hydrogen) atoms. The molecule has 0 unspecified atom stereocenters. The molecule has 0 aromatic heterocycles. The van der Waals surface area contributed by atoms with E-state index in [2.05, 4.69) is 90.4 Å². The minimum absolute atomic E-state index is 0. The van der Waals surface area contributed by atoms with Crippen molar-refractivity contribution in [1.82, 2.24) is 0 Å². The van der Waals surface area contributed by atoms with Gasteiger partial charge in [-0.1, -0.05) is 117 Å². The van der Waals surface area contributed by atoms with Gasteiger partial charge in [0, 0.05) is 16.1 Å². The third-order valence-corrected chi connectivity index (χ3v) is 7.27. The quantitative estimate of drug-likeness (QED) is 0.0925. The molecule has 166 valence electrons. The summed E-state index contributed by atoms with van der Waals surface area (Å²) in [5.74, 6) is 0. The molecule has 6 heteroatoms. The summed E-state index contributed by atoms with van der Waals surface area (Å²) in [5, 5.41) is 0. The molecule has 0 N–H and O–H groups in total. The summed E-state index contributed by atoms with van der Waals surface area (Å²) >= 11 is 5.30. The average Bonchev–Trinajstić information content (AvgIpc) is 2.39. The van der Waals surface area contributed by atoms with Crippen molar-refractivity contribution in [2.24, 2.45) is 0 Å². The molecule has 0 aromatic carbocycles. The summed E-state index contributed by atoms with van der Waals surface area (Å²) in [5.41, 5.74) is 0. The van der Waals surface area contributed by atoms with E-state index in [4.69, 9.17) is 0 Å². The molecular weight excluding hydrogens is 861 g/mol. The monoisotopic (exact) mass is 911 g/mol. The van der Waals surface area contributed by atoms with E-state index in [-0.39, 0.29) is 35.9 Å². The maximum Gasteiger partial charge on any atom is 2.00 e. The third-order valence-electron chi connectivity index (χ3n) is 3.56. The molecule has 0 bridgehead atoms. The van der Waals surface area contributed by atoms with E-state index < -0.39 is 16.1 Å². The zero-order valence-electron chi connectivity index (χ0n) is 19.6. The normalized spacial score (nSPS) is 10.1. The number of hydrogen-bond donors (Lipinski definition) is 0. The zero-order valence-corrected chi connectivity index (χ0v) is 31.0. The van der Waals surface area contributed by atoms with Crippen LogP contribution in [0.3, 0.4) is 0 Å². The van der Waals surface area contributed by atoms with Gasteiger partial charge in [0.2, 0.25) is 0 Å². The molecule has 0 rings (SSSR count). The molecular formula is C20H50I3Si2W-. The molecule has 0 spiro atoms. The van der Waals surface area contributed by atoms with Crippen LogP contribution in [0.5, 0.6) is 0 Å². The number of halogens is 3. The van der Waals surface area contributed by atoms with E-state index in [0.29, 0.717) is 13.3 Å². The molecule has 0 aliphatic heterocycles. The summed E-state index contributed by atoms with van der Waals surface area (Å²) in [7, 11) is -1.41. The van der Waals surface area contributed by atoms with Crippen LogP contribution < -0.4 is 13.3 Å². The first kappa shape index (κ1) is 43.2. The molecule has 0 saturated heterocycles. The molecule has 0 nitrogen and oxygen atoms in total. The van der Waals surface area contributed by atoms with Gasteiger partial charge in [-0.05, 0) is 0 Å². The Kier molecular flexibility index (Phi) is 50.7. The van der Waals surface area contributed by atoms with Crippen LogP contribution in [0.1, 0.15) is 65.2 Å². The van der Waals surface area contributed by atoms with E-state index in [1.807, 2.05) is 0 Å². The smallest absolute Gasteiger partial charge is 0.358 e. The topological polar surface area (TPSA) is 0 Å².